The van der Waals surface area contributed by atoms with Gasteiger partial charge in [0.2, 0.25) is 5.91 Å². The highest BCUT2D eigenvalue weighted by Crippen LogP contribution is 2.04. The van der Waals surface area contributed by atoms with Gasteiger partial charge in [-0.3, -0.25) is 4.79 Å². The molecule has 100 valence electrons. The van der Waals surface area contributed by atoms with Crippen molar-refractivity contribution in [2.45, 2.75) is 26.3 Å². The van der Waals surface area contributed by atoms with E-state index in [1.165, 1.54) is 0 Å². The Morgan fingerprint density at radius 2 is 2.00 bits per heavy atom. The maximum atomic E-state index is 11.5. The molecular weight excluding hydrogens is 228 g/mol. The van der Waals surface area contributed by atoms with Crippen LogP contribution in [-0.2, 0) is 9.53 Å². The summed E-state index contributed by atoms with van der Waals surface area (Å²) in [4.78, 5) is 11.5. The zero-order valence-electron chi connectivity index (χ0n) is 11.1. The van der Waals surface area contributed by atoms with E-state index in [4.69, 9.17) is 4.74 Å². The lowest BCUT2D eigenvalue weighted by atomic mass is 10.3. The molecular formula is C14H22N2O2. The lowest BCUT2D eigenvalue weighted by molar-refractivity contribution is -0.120. The standard InChI is InChI=1S/C14H22N2O2/c1-12(2)15-9-6-10-18-11-14(17)16-13-7-4-3-5-8-13/h3-5,7-8,12,15H,6,9-11H2,1-2H3,(H,16,17). The van der Waals surface area contributed by atoms with E-state index < -0.39 is 0 Å². The minimum Gasteiger partial charge on any atom is -0.372 e. The third-order valence-electron chi connectivity index (χ3n) is 2.31. The molecule has 1 amide bonds. The van der Waals surface area contributed by atoms with Gasteiger partial charge in [-0.15, -0.1) is 0 Å². The normalized spacial score (nSPS) is 10.6. The van der Waals surface area contributed by atoms with E-state index in [0.29, 0.717) is 12.6 Å². The number of hydrogen-bond acceptors (Lipinski definition) is 3. The van der Waals surface area contributed by atoms with E-state index in [0.717, 1.165) is 18.7 Å². The summed E-state index contributed by atoms with van der Waals surface area (Å²) in [5.41, 5.74) is 0.799. The fourth-order valence-corrected chi connectivity index (χ4v) is 1.45. The van der Waals surface area contributed by atoms with E-state index in [2.05, 4.69) is 24.5 Å². The van der Waals surface area contributed by atoms with Crippen LogP contribution in [0.4, 0.5) is 5.69 Å². The Morgan fingerprint density at radius 1 is 1.28 bits per heavy atom. The number of carbonyl (C=O) groups excluding carboxylic acids is 1. The third kappa shape index (κ3) is 7.04. The van der Waals surface area contributed by atoms with Crippen molar-refractivity contribution in [1.29, 1.82) is 0 Å². The van der Waals surface area contributed by atoms with Crippen molar-refractivity contribution in [3.8, 4) is 0 Å². The molecule has 4 heteroatoms. The van der Waals surface area contributed by atoms with Crippen LogP contribution in [0.15, 0.2) is 30.3 Å². The van der Waals surface area contributed by atoms with Crippen molar-refractivity contribution in [2.75, 3.05) is 25.1 Å². The molecule has 0 aromatic heterocycles. The molecule has 0 atom stereocenters. The Bertz CT molecular complexity index is 339. The van der Waals surface area contributed by atoms with Crippen molar-refractivity contribution in [1.82, 2.24) is 5.32 Å². The van der Waals surface area contributed by atoms with Crippen molar-refractivity contribution in [3.63, 3.8) is 0 Å². The summed E-state index contributed by atoms with van der Waals surface area (Å²) in [6.07, 6.45) is 0.913. The molecule has 0 heterocycles. The molecule has 0 aliphatic heterocycles. The van der Waals surface area contributed by atoms with E-state index in [1.54, 1.807) is 0 Å². The smallest absolute Gasteiger partial charge is 0.250 e. The van der Waals surface area contributed by atoms with E-state index in [9.17, 15) is 4.79 Å². The summed E-state index contributed by atoms with van der Waals surface area (Å²) in [5, 5.41) is 6.06. The van der Waals surface area contributed by atoms with Gasteiger partial charge >= 0.3 is 0 Å². The monoisotopic (exact) mass is 250 g/mol. The van der Waals surface area contributed by atoms with Crippen LogP contribution in [0.5, 0.6) is 0 Å². The lowest BCUT2D eigenvalue weighted by Crippen LogP contribution is -2.25. The average Bonchev–Trinajstić information content (AvgIpc) is 2.34. The summed E-state index contributed by atoms with van der Waals surface area (Å²) >= 11 is 0. The molecule has 2 N–H and O–H groups in total. The van der Waals surface area contributed by atoms with Crippen LogP contribution >= 0.6 is 0 Å². The van der Waals surface area contributed by atoms with E-state index in [-0.39, 0.29) is 12.5 Å². The summed E-state index contributed by atoms with van der Waals surface area (Å²) in [6, 6.07) is 9.87. The Balaban J connectivity index is 2.04. The highest BCUT2D eigenvalue weighted by Gasteiger charge is 2.01. The van der Waals surface area contributed by atoms with E-state index in [1.807, 2.05) is 30.3 Å². The molecule has 0 aliphatic rings. The number of anilines is 1. The second-order valence-electron chi connectivity index (χ2n) is 4.43. The van der Waals surface area contributed by atoms with Crippen LogP contribution in [0.25, 0.3) is 0 Å². The number of ether oxygens (including phenoxy) is 1. The molecule has 1 rings (SSSR count). The first-order chi connectivity index (χ1) is 8.68. The second kappa shape index (κ2) is 8.66. The molecule has 18 heavy (non-hydrogen) atoms. The van der Waals surface area contributed by atoms with Gasteiger partial charge < -0.3 is 15.4 Å². The maximum absolute atomic E-state index is 11.5. The number of rotatable bonds is 8. The molecule has 0 aliphatic carbocycles. The number of benzene rings is 1. The Labute approximate surface area is 109 Å². The molecule has 4 nitrogen and oxygen atoms in total. The molecule has 1 aromatic rings. The summed E-state index contributed by atoms with van der Waals surface area (Å²) in [7, 11) is 0. The zero-order chi connectivity index (χ0) is 13.2. The Morgan fingerprint density at radius 3 is 2.67 bits per heavy atom. The highest BCUT2D eigenvalue weighted by atomic mass is 16.5. The second-order valence-corrected chi connectivity index (χ2v) is 4.43. The minimum absolute atomic E-state index is 0.108. The number of hydrogen-bond donors (Lipinski definition) is 2. The molecule has 0 unspecified atom stereocenters. The van der Waals surface area contributed by atoms with Crippen molar-refractivity contribution < 1.29 is 9.53 Å². The van der Waals surface area contributed by atoms with Gasteiger partial charge in [-0.25, -0.2) is 0 Å². The molecule has 1 aromatic carbocycles. The van der Waals surface area contributed by atoms with Crippen LogP contribution < -0.4 is 10.6 Å². The summed E-state index contributed by atoms with van der Waals surface area (Å²) in [5.74, 6) is -0.113. The largest absolute Gasteiger partial charge is 0.372 e. The van der Waals surface area contributed by atoms with Gasteiger partial charge in [0.25, 0.3) is 0 Å². The quantitative estimate of drug-likeness (QED) is 0.694. The predicted octanol–water partition coefficient (Wildman–Crippen LogP) is 2.03. The first kappa shape index (κ1) is 14.7. The first-order valence-corrected chi connectivity index (χ1v) is 6.34. The van der Waals surface area contributed by atoms with Crippen LogP contribution in [0.3, 0.4) is 0 Å². The molecule has 0 saturated carbocycles. The SMILES string of the molecule is CC(C)NCCCOCC(=O)Nc1ccccc1. The number of carbonyl (C=O) groups is 1. The van der Waals surface area contributed by atoms with Gasteiger partial charge in [0, 0.05) is 18.3 Å². The number of para-hydroxylation sites is 1. The Hall–Kier alpha value is -1.39. The highest BCUT2D eigenvalue weighted by molar-refractivity contribution is 5.91. The third-order valence-corrected chi connectivity index (χ3v) is 2.31. The first-order valence-electron chi connectivity index (χ1n) is 6.34. The zero-order valence-corrected chi connectivity index (χ0v) is 11.1. The van der Waals surface area contributed by atoms with Gasteiger partial charge in [0.05, 0.1) is 0 Å². The Kier molecular flexibility index (Phi) is 7.06. The van der Waals surface area contributed by atoms with Gasteiger partial charge in [-0.1, -0.05) is 32.0 Å². The molecule has 0 fully saturated rings. The minimum atomic E-state index is -0.113. The molecule has 0 radical (unpaired) electrons. The molecule has 0 bridgehead atoms. The summed E-state index contributed by atoms with van der Waals surface area (Å²) in [6.45, 7) is 5.83. The topological polar surface area (TPSA) is 50.4 Å². The average molecular weight is 250 g/mol. The summed E-state index contributed by atoms with van der Waals surface area (Å²) < 4.78 is 5.30. The van der Waals surface area contributed by atoms with Crippen LogP contribution in [0, 0.1) is 0 Å². The van der Waals surface area contributed by atoms with E-state index >= 15 is 0 Å². The fourth-order valence-electron chi connectivity index (χ4n) is 1.45. The number of nitrogens with one attached hydrogen (secondary N) is 2. The number of amides is 1. The maximum Gasteiger partial charge on any atom is 0.250 e. The van der Waals surface area contributed by atoms with Gasteiger partial charge in [-0.05, 0) is 25.1 Å². The molecule has 0 saturated heterocycles. The van der Waals surface area contributed by atoms with Crippen molar-refractivity contribution in [3.05, 3.63) is 30.3 Å². The van der Waals surface area contributed by atoms with Gasteiger partial charge in [0.15, 0.2) is 0 Å². The van der Waals surface area contributed by atoms with Gasteiger partial charge in [0.1, 0.15) is 6.61 Å². The fraction of sp³-hybridized carbons (Fsp3) is 0.500. The van der Waals surface area contributed by atoms with Crippen LogP contribution in [0.2, 0.25) is 0 Å². The van der Waals surface area contributed by atoms with Crippen LogP contribution in [0.1, 0.15) is 20.3 Å². The van der Waals surface area contributed by atoms with Crippen molar-refractivity contribution >= 4 is 11.6 Å². The van der Waals surface area contributed by atoms with Crippen molar-refractivity contribution in [2.24, 2.45) is 0 Å². The lowest BCUT2D eigenvalue weighted by Gasteiger charge is -2.08. The predicted molar refractivity (Wildman–Crippen MR) is 73.6 cm³/mol. The molecule has 0 spiro atoms. The van der Waals surface area contributed by atoms with Crippen LogP contribution in [-0.4, -0.2) is 31.7 Å². The van der Waals surface area contributed by atoms with Gasteiger partial charge in [-0.2, -0.15) is 0 Å².